The lowest BCUT2D eigenvalue weighted by Gasteiger charge is -2.00. The molecule has 54 valence electrons. The van der Waals surface area contributed by atoms with E-state index in [2.05, 4.69) is 11.6 Å². The number of nitrogens with zero attached hydrogens (tertiary/aromatic N) is 2. The Bertz CT molecular complexity index is 258. The van der Waals surface area contributed by atoms with Gasteiger partial charge in [0.25, 0.3) is 0 Å². The van der Waals surface area contributed by atoms with Crippen LogP contribution in [-0.4, -0.2) is 9.55 Å². The predicted octanol–water partition coefficient (Wildman–Crippen LogP) is 1.76. The van der Waals surface area contributed by atoms with Crippen molar-refractivity contribution in [3.05, 3.63) is 24.3 Å². The molecule has 1 heterocycles. The van der Waals surface area contributed by atoms with Crippen LogP contribution in [0.15, 0.2) is 12.8 Å². The Morgan fingerprint density at radius 2 is 2.30 bits per heavy atom. The summed E-state index contributed by atoms with van der Waals surface area (Å²) in [4.78, 5) is 4.18. The van der Waals surface area contributed by atoms with Crippen LogP contribution in [0.1, 0.15) is 18.4 Å². The molecule has 0 N–H and O–H groups in total. The summed E-state index contributed by atoms with van der Waals surface area (Å²) in [7, 11) is 1.99. The molecule has 10 heavy (non-hydrogen) atoms. The highest BCUT2D eigenvalue weighted by atomic mass is 15.1. The van der Waals surface area contributed by atoms with Crippen molar-refractivity contribution in [1.29, 1.82) is 0 Å². The maximum atomic E-state index is 4.18. The van der Waals surface area contributed by atoms with Gasteiger partial charge in [-0.1, -0.05) is 6.58 Å². The number of rotatable bonds is 1. The molecule has 0 aliphatic rings. The highest BCUT2D eigenvalue weighted by Gasteiger charge is 2.01. The molecule has 0 saturated carbocycles. The second-order valence-electron chi connectivity index (χ2n) is 2.56. The van der Waals surface area contributed by atoms with Crippen LogP contribution in [0.25, 0.3) is 5.57 Å². The first-order chi connectivity index (χ1) is 4.63. The Morgan fingerprint density at radius 3 is 2.50 bits per heavy atom. The average Bonchev–Trinajstić information content (AvgIpc) is 2.14. The first-order valence-corrected chi connectivity index (χ1v) is 3.27. The van der Waals surface area contributed by atoms with Crippen molar-refractivity contribution in [3.8, 4) is 0 Å². The molecule has 0 atom stereocenters. The lowest BCUT2D eigenvalue weighted by molar-refractivity contribution is 0.854. The lowest BCUT2D eigenvalue weighted by atomic mass is 10.3. The Labute approximate surface area is 61.2 Å². The number of hydrogen-bond acceptors (Lipinski definition) is 1. The molecule has 0 radical (unpaired) electrons. The van der Waals surface area contributed by atoms with Crippen LogP contribution in [-0.2, 0) is 7.05 Å². The monoisotopic (exact) mass is 136 g/mol. The summed E-state index contributed by atoms with van der Waals surface area (Å²) in [6.45, 7) is 7.80. The van der Waals surface area contributed by atoms with Crippen LogP contribution >= 0.6 is 0 Å². The maximum absolute atomic E-state index is 4.18. The van der Waals surface area contributed by atoms with Gasteiger partial charge in [-0.3, -0.25) is 0 Å². The van der Waals surface area contributed by atoms with Crippen molar-refractivity contribution < 1.29 is 0 Å². The molecular formula is C8H12N2. The van der Waals surface area contributed by atoms with Gasteiger partial charge in [-0.05, 0) is 19.4 Å². The third kappa shape index (κ3) is 0.967. The number of imidazole rings is 1. The van der Waals surface area contributed by atoms with E-state index in [1.54, 1.807) is 0 Å². The Morgan fingerprint density at radius 1 is 1.70 bits per heavy atom. The van der Waals surface area contributed by atoms with E-state index in [1.165, 1.54) is 0 Å². The van der Waals surface area contributed by atoms with E-state index in [9.17, 15) is 0 Å². The van der Waals surface area contributed by atoms with Crippen molar-refractivity contribution in [2.24, 2.45) is 7.05 Å². The van der Waals surface area contributed by atoms with E-state index in [0.717, 1.165) is 17.1 Å². The zero-order chi connectivity index (χ0) is 7.72. The van der Waals surface area contributed by atoms with Gasteiger partial charge < -0.3 is 4.57 Å². The molecule has 0 aliphatic heterocycles. The first-order valence-electron chi connectivity index (χ1n) is 3.27. The number of hydrogen-bond donors (Lipinski definition) is 0. The summed E-state index contributed by atoms with van der Waals surface area (Å²) in [6.07, 6.45) is 1.85. The topological polar surface area (TPSA) is 17.8 Å². The molecule has 1 rings (SSSR count). The van der Waals surface area contributed by atoms with E-state index < -0.39 is 0 Å². The molecule has 0 aliphatic carbocycles. The minimum absolute atomic E-state index is 0.970. The van der Waals surface area contributed by atoms with Gasteiger partial charge in [0.1, 0.15) is 5.82 Å². The largest absolute Gasteiger partial charge is 0.332 e. The van der Waals surface area contributed by atoms with Gasteiger partial charge >= 0.3 is 0 Å². The second-order valence-corrected chi connectivity index (χ2v) is 2.56. The first kappa shape index (κ1) is 7.06. The quantitative estimate of drug-likeness (QED) is 0.575. The Hall–Kier alpha value is -1.05. The van der Waals surface area contributed by atoms with Crippen molar-refractivity contribution in [1.82, 2.24) is 9.55 Å². The summed E-state index contributed by atoms with van der Waals surface area (Å²) in [6, 6.07) is 0. The van der Waals surface area contributed by atoms with Crippen LogP contribution in [0.3, 0.4) is 0 Å². The highest BCUT2D eigenvalue weighted by Crippen LogP contribution is 2.09. The molecule has 0 spiro atoms. The van der Waals surface area contributed by atoms with E-state index in [4.69, 9.17) is 0 Å². The van der Waals surface area contributed by atoms with Crippen LogP contribution in [0.5, 0.6) is 0 Å². The molecule has 0 amide bonds. The van der Waals surface area contributed by atoms with Gasteiger partial charge in [-0.2, -0.15) is 0 Å². The molecule has 0 bridgehead atoms. The molecule has 2 heteroatoms. The summed E-state index contributed by atoms with van der Waals surface area (Å²) in [5.41, 5.74) is 2.17. The molecule has 1 aromatic heterocycles. The van der Waals surface area contributed by atoms with Crippen molar-refractivity contribution >= 4 is 5.57 Å². The lowest BCUT2D eigenvalue weighted by Crippen LogP contribution is -1.95. The molecule has 2 nitrogen and oxygen atoms in total. The fourth-order valence-corrected chi connectivity index (χ4v) is 0.891. The smallest absolute Gasteiger partial charge is 0.134 e. The summed E-state index contributed by atoms with van der Waals surface area (Å²) >= 11 is 0. The number of allylic oxidation sites excluding steroid dienone is 1. The van der Waals surface area contributed by atoms with E-state index in [-0.39, 0.29) is 0 Å². The number of aromatic nitrogens is 2. The van der Waals surface area contributed by atoms with Crippen LogP contribution in [0, 0.1) is 6.92 Å². The third-order valence-electron chi connectivity index (χ3n) is 1.60. The van der Waals surface area contributed by atoms with Gasteiger partial charge in [0.15, 0.2) is 0 Å². The molecule has 0 unspecified atom stereocenters. The van der Waals surface area contributed by atoms with Gasteiger partial charge in [0.05, 0.1) is 0 Å². The fraction of sp³-hybridized carbons (Fsp3) is 0.375. The maximum Gasteiger partial charge on any atom is 0.134 e. The van der Waals surface area contributed by atoms with Gasteiger partial charge in [-0.15, -0.1) is 0 Å². The zero-order valence-electron chi connectivity index (χ0n) is 6.68. The molecule has 1 aromatic rings. The molecule has 0 saturated heterocycles. The fourth-order valence-electron chi connectivity index (χ4n) is 0.891. The Balaban J connectivity index is 3.17. The van der Waals surface area contributed by atoms with Crippen LogP contribution in [0.4, 0.5) is 0 Å². The minimum atomic E-state index is 0.970. The second kappa shape index (κ2) is 2.29. The van der Waals surface area contributed by atoms with E-state index in [1.807, 2.05) is 31.7 Å². The number of aryl methyl sites for hydroxylation is 1. The minimum Gasteiger partial charge on any atom is -0.332 e. The summed E-state index contributed by atoms with van der Waals surface area (Å²) in [5.74, 6) is 0.970. The van der Waals surface area contributed by atoms with Gasteiger partial charge in [0.2, 0.25) is 0 Å². The van der Waals surface area contributed by atoms with Crippen LogP contribution in [0.2, 0.25) is 0 Å². The molecule has 0 aromatic carbocycles. The summed E-state index contributed by atoms with van der Waals surface area (Å²) < 4.78 is 2.03. The zero-order valence-corrected chi connectivity index (χ0v) is 6.68. The van der Waals surface area contributed by atoms with Crippen LogP contribution < -0.4 is 0 Å². The summed E-state index contributed by atoms with van der Waals surface area (Å²) in [5, 5.41) is 0. The van der Waals surface area contributed by atoms with Crippen molar-refractivity contribution in [2.75, 3.05) is 0 Å². The van der Waals surface area contributed by atoms with Gasteiger partial charge in [-0.25, -0.2) is 4.98 Å². The normalized spacial score (nSPS) is 9.90. The third-order valence-corrected chi connectivity index (χ3v) is 1.60. The molecular weight excluding hydrogens is 124 g/mol. The standard InChI is InChI=1S/C8H12N2/c1-6(2)8-9-5-7(3)10(8)4/h5H,1H2,2-4H3. The SMILES string of the molecule is C=C(C)c1ncc(C)n1C. The Kier molecular flexibility index (Phi) is 1.62. The van der Waals surface area contributed by atoms with Crippen molar-refractivity contribution in [3.63, 3.8) is 0 Å². The van der Waals surface area contributed by atoms with Gasteiger partial charge in [0, 0.05) is 18.9 Å². The predicted molar refractivity (Wildman–Crippen MR) is 42.7 cm³/mol. The highest BCUT2D eigenvalue weighted by molar-refractivity contribution is 5.54. The average molecular weight is 136 g/mol. The van der Waals surface area contributed by atoms with E-state index >= 15 is 0 Å². The molecule has 0 fully saturated rings. The van der Waals surface area contributed by atoms with Crippen molar-refractivity contribution in [2.45, 2.75) is 13.8 Å². The van der Waals surface area contributed by atoms with E-state index in [0.29, 0.717) is 0 Å².